The van der Waals surface area contributed by atoms with Crippen LogP contribution in [0.15, 0.2) is 42.5 Å². The zero-order valence-corrected chi connectivity index (χ0v) is 11.6. The van der Waals surface area contributed by atoms with E-state index in [9.17, 15) is 5.21 Å². The van der Waals surface area contributed by atoms with Crippen LogP contribution in [-0.2, 0) is 6.42 Å². The fraction of sp³-hybridized carbons (Fsp3) is 0.333. The van der Waals surface area contributed by atoms with Crippen molar-refractivity contribution >= 4 is 5.69 Å². The maximum absolute atomic E-state index is 13.2. The van der Waals surface area contributed by atoms with Gasteiger partial charge in [-0.1, -0.05) is 36.4 Å². The highest BCUT2D eigenvalue weighted by Gasteiger charge is 2.30. The van der Waals surface area contributed by atoms with Crippen LogP contribution in [0.4, 0.5) is 5.69 Å². The third kappa shape index (κ3) is 1.72. The number of hydroxylamine groups is 2. The normalized spacial score (nSPS) is 19.4. The van der Waals surface area contributed by atoms with Crippen molar-refractivity contribution in [3.63, 3.8) is 0 Å². The molecule has 0 saturated carbocycles. The van der Waals surface area contributed by atoms with Crippen molar-refractivity contribution in [2.45, 2.75) is 25.7 Å². The first-order valence-electron chi connectivity index (χ1n) is 7.57. The van der Waals surface area contributed by atoms with E-state index < -0.39 is 0 Å². The molecule has 4 rings (SSSR count). The van der Waals surface area contributed by atoms with Crippen molar-refractivity contribution in [2.24, 2.45) is 0 Å². The van der Waals surface area contributed by atoms with Crippen LogP contribution in [0.2, 0.25) is 0 Å². The van der Waals surface area contributed by atoms with Crippen LogP contribution in [0.3, 0.4) is 0 Å². The van der Waals surface area contributed by atoms with E-state index >= 15 is 0 Å². The van der Waals surface area contributed by atoms with Gasteiger partial charge in [-0.3, -0.25) is 0 Å². The lowest BCUT2D eigenvalue weighted by atomic mass is 10.0. The highest BCUT2D eigenvalue weighted by molar-refractivity contribution is 5.81. The van der Waals surface area contributed by atoms with Gasteiger partial charge in [-0.25, -0.2) is 0 Å². The average Bonchev–Trinajstić information content (AvgIpc) is 2.86. The number of piperidine rings is 1. The van der Waals surface area contributed by atoms with Gasteiger partial charge in [-0.15, -0.1) is 0 Å². The van der Waals surface area contributed by atoms with Crippen LogP contribution >= 0.6 is 0 Å². The van der Waals surface area contributed by atoms with Gasteiger partial charge in [0.15, 0.2) is 0 Å². The number of quaternary nitrogens is 1. The molecule has 2 nitrogen and oxygen atoms in total. The lowest BCUT2D eigenvalue weighted by Gasteiger charge is -2.45. The van der Waals surface area contributed by atoms with Crippen LogP contribution in [0.1, 0.15) is 30.4 Å². The van der Waals surface area contributed by atoms with E-state index in [1.54, 1.807) is 0 Å². The predicted molar refractivity (Wildman–Crippen MR) is 83.4 cm³/mol. The topological polar surface area (TPSA) is 23.1 Å². The third-order valence-corrected chi connectivity index (χ3v) is 4.80. The summed E-state index contributed by atoms with van der Waals surface area (Å²) in [6, 6.07) is 14.8. The molecule has 2 heteroatoms. The van der Waals surface area contributed by atoms with Crippen molar-refractivity contribution in [2.75, 3.05) is 13.1 Å². The number of fused-ring (bicyclic) bond motifs is 3. The Bertz CT molecular complexity index is 656. The Hall–Kier alpha value is -1.64. The largest absolute Gasteiger partial charge is 0.627 e. The molecule has 1 heterocycles. The van der Waals surface area contributed by atoms with Gasteiger partial charge in [-0.2, -0.15) is 0 Å². The van der Waals surface area contributed by atoms with Gasteiger partial charge < -0.3 is 9.85 Å². The second-order valence-electron chi connectivity index (χ2n) is 6.03. The summed E-state index contributed by atoms with van der Waals surface area (Å²) in [5.41, 5.74) is 6.23. The Labute approximate surface area is 119 Å². The Kier molecular flexibility index (Phi) is 2.69. The second-order valence-corrected chi connectivity index (χ2v) is 6.03. The molecule has 2 aromatic carbocycles. The monoisotopic (exact) mass is 265 g/mol. The smallest absolute Gasteiger partial charge is 0.137 e. The van der Waals surface area contributed by atoms with Crippen molar-refractivity contribution in [1.29, 1.82) is 0 Å². The lowest BCUT2D eigenvalue weighted by molar-refractivity contribution is 0.306. The molecule has 0 bridgehead atoms. The van der Waals surface area contributed by atoms with E-state index in [1.165, 1.54) is 28.7 Å². The summed E-state index contributed by atoms with van der Waals surface area (Å²) in [6.45, 7) is 1.49. The number of rotatable bonds is 1. The maximum atomic E-state index is 13.2. The molecule has 102 valence electrons. The summed E-state index contributed by atoms with van der Waals surface area (Å²) in [5, 5.41) is 13.2. The van der Waals surface area contributed by atoms with Gasteiger partial charge in [0, 0.05) is 12.0 Å². The first kappa shape index (κ1) is 12.1. The minimum atomic E-state index is -0.114. The van der Waals surface area contributed by atoms with E-state index in [4.69, 9.17) is 0 Å². The summed E-state index contributed by atoms with van der Waals surface area (Å²) in [6.07, 6.45) is 4.24. The molecule has 0 amide bonds. The molecule has 0 radical (unpaired) electrons. The van der Waals surface area contributed by atoms with E-state index in [0.29, 0.717) is 0 Å². The molecule has 2 aromatic rings. The molecule has 0 unspecified atom stereocenters. The molecule has 1 aliphatic heterocycles. The second kappa shape index (κ2) is 4.44. The highest BCUT2D eigenvalue weighted by atomic mass is 16.5. The van der Waals surface area contributed by atoms with E-state index in [0.717, 1.165) is 38.0 Å². The molecule has 1 fully saturated rings. The average molecular weight is 265 g/mol. The first-order valence-corrected chi connectivity index (χ1v) is 7.57. The molecular weight excluding hydrogens is 246 g/mol. The Morgan fingerprint density at radius 1 is 0.800 bits per heavy atom. The molecule has 0 aromatic heterocycles. The highest BCUT2D eigenvalue weighted by Crippen LogP contribution is 2.43. The van der Waals surface area contributed by atoms with Crippen LogP contribution < -0.4 is 4.65 Å². The quantitative estimate of drug-likeness (QED) is 0.476. The minimum absolute atomic E-state index is 0.114. The fourth-order valence-electron chi connectivity index (χ4n) is 3.79. The Morgan fingerprint density at radius 2 is 1.55 bits per heavy atom. The molecule has 0 atom stereocenters. The Morgan fingerprint density at radius 3 is 2.40 bits per heavy atom. The van der Waals surface area contributed by atoms with Gasteiger partial charge in [0.2, 0.25) is 0 Å². The van der Waals surface area contributed by atoms with Gasteiger partial charge in [-0.05, 0) is 42.0 Å². The summed E-state index contributed by atoms with van der Waals surface area (Å²) >= 11 is 0. The summed E-state index contributed by atoms with van der Waals surface area (Å²) < 4.78 is -0.114. The summed E-state index contributed by atoms with van der Waals surface area (Å²) in [4.78, 5) is 0. The van der Waals surface area contributed by atoms with Crippen molar-refractivity contribution in [3.05, 3.63) is 58.8 Å². The molecule has 1 saturated heterocycles. The van der Waals surface area contributed by atoms with Crippen LogP contribution in [0.5, 0.6) is 0 Å². The minimum Gasteiger partial charge on any atom is -0.627 e. The number of hydrogen-bond acceptors (Lipinski definition) is 1. The first-order chi connectivity index (χ1) is 9.78. The van der Waals surface area contributed by atoms with Crippen LogP contribution in [0, 0.1) is 5.21 Å². The van der Waals surface area contributed by atoms with Crippen LogP contribution in [-0.4, -0.2) is 13.1 Å². The van der Waals surface area contributed by atoms with Gasteiger partial charge in [0.25, 0.3) is 0 Å². The van der Waals surface area contributed by atoms with Gasteiger partial charge >= 0.3 is 0 Å². The predicted octanol–water partition coefficient (Wildman–Crippen LogP) is 4.25. The molecule has 2 aliphatic rings. The third-order valence-electron chi connectivity index (χ3n) is 4.80. The molecule has 0 N–H and O–H groups in total. The standard InChI is InChI=1S/C18H19NO/c20-19(11-4-1-5-12-19)18-10-6-9-16-15-8-3-2-7-14(15)13-17(16)18/h2-3,6-10H,1,4-5,11-13H2. The van der Waals surface area contributed by atoms with Crippen molar-refractivity contribution in [3.8, 4) is 11.1 Å². The zero-order chi connectivity index (χ0) is 13.6. The molecule has 20 heavy (non-hydrogen) atoms. The number of nitrogens with zero attached hydrogens (tertiary/aromatic N) is 1. The van der Waals surface area contributed by atoms with E-state index in [2.05, 4.69) is 42.5 Å². The zero-order valence-electron chi connectivity index (χ0n) is 11.6. The molecule has 1 aliphatic carbocycles. The number of benzene rings is 2. The van der Waals surface area contributed by atoms with E-state index in [-0.39, 0.29) is 4.65 Å². The molecule has 0 spiro atoms. The van der Waals surface area contributed by atoms with Gasteiger partial charge in [0.05, 0.1) is 13.1 Å². The van der Waals surface area contributed by atoms with Crippen molar-refractivity contribution < 1.29 is 0 Å². The maximum Gasteiger partial charge on any atom is 0.137 e. The van der Waals surface area contributed by atoms with Crippen LogP contribution in [0.25, 0.3) is 11.1 Å². The summed E-state index contributed by atoms with van der Waals surface area (Å²) in [7, 11) is 0. The van der Waals surface area contributed by atoms with Gasteiger partial charge in [0.1, 0.15) is 5.69 Å². The van der Waals surface area contributed by atoms with Crippen molar-refractivity contribution in [1.82, 2.24) is 4.65 Å². The molecular formula is C18H19NO. The Balaban J connectivity index is 1.85. The fourth-order valence-corrected chi connectivity index (χ4v) is 3.79. The summed E-state index contributed by atoms with van der Waals surface area (Å²) in [5.74, 6) is 0. The number of hydrogen-bond donors (Lipinski definition) is 0. The lowest BCUT2D eigenvalue weighted by Crippen LogP contribution is -2.47. The van der Waals surface area contributed by atoms with E-state index in [1.807, 2.05) is 0 Å². The SMILES string of the molecule is [O-][N+]1(c2cccc3c2Cc2ccccc2-3)CCCCC1.